The molecule has 0 aliphatic carbocycles. The molecular formula is C20H19N7O3S2. The van der Waals surface area contributed by atoms with Crippen LogP contribution in [0.1, 0.15) is 0 Å². The Kier molecular flexibility index (Phi) is 5.08. The van der Waals surface area contributed by atoms with Crippen LogP contribution in [0.2, 0.25) is 0 Å². The number of nitrogens with zero attached hydrogens (tertiary/aromatic N) is 5. The number of rotatable bonds is 5. The first-order valence-corrected chi connectivity index (χ1v) is 12.5. The average molecular weight is 470 g/mol. The van der Waals surface area contributed by atoms with Gasteiger partial charge in [0.15, 0.2) is 0 Å². The van der Waals surface area contributed by atoms with Crippen LogP contribution in [-0.2, 0) is 20.8 Å². The topological polar surface area (TPSA) is 148 Å². The second-order valence-corrected chi connectivity index (χ2v) is 10.9. The summed E-state index contributed by atoms with van der Waals surface area (Å²) in [6.45, 7) is 1.20. The Morgan fingerprint density at radius 1 is 1.19 bits per heavy atom. The number of pyridine rings is 1. The van der Waals surface area contributed by atoms with Gasteiger partial charge in [-0.25, -0.2) is 13.6 Å². The third-order valence-electron chi connectivity index (χ3n) is 5.43. The van der Waals surface area contributed by atoms with Crippen molar-refractivity contribution in [1.29, 1.82) is 0 Å². The van der Waals surface area contributed by atoms with E-state index in [2.05, 4.69) is 25.6 Å². The molecular weight excluding hydrogens is 450 g/mol. The highest BCUT2D eigenvalue weighted by molar-refractivity contribution is 7.91. The largest absolute Gasteiger partial charge is 0.304 e. The second-order valence-electron chi connectivity index (χ2n) is 7.65. The zero-order chi connectivity index (χ0) is 22.5. The van der Waals surface area contributed by atoms with Crippen LogP contribution >= 0.6 is 0 Å². The maximum atomic E-state index is 13.3. The van der Waals surface area contributed by atoms with Crippen LogP contribution in [0.4, 0.5) is 0 Å². The minimum atomic E-state index is -4.29. The predicted molar refractivity (Wildman–Crippen MR) is 119 cm³/mol. The Bertz CT molecular complexity index is 1450. The van der Waals surface area contributed by atoms with Gasteiger partial charge in [-0.2, -0.15) is 5.21 Å². The lowest BCUT2D eigenvalue weighted by Crippen LogP contribution is -2.50. The van der Waals surface area contributed by atoms with Crippen molar-refractivity contribution in [3.8, 4) is 22.5 Å². The number of sulfonamides is 1. The van der Waals surface area contributed by atoms with Gasteiger partial charge >= 0.3 is 0 Å². The summed E-state index contributed by atoms with van der Waals surface area (Å²) in [6, 6.07) is 12.7. The number of nitrogens with one attached hydrogen (secondary N) is 1. The van der Waals surface area contributed by atoms with E-state index >= 15 is 0 Å². The molecule has 0 bridgehead atoms. The maximum Gasteiger partial charge on any atom is 0.240 e. The number of aromatic amines is 1. The van der Waals surface area contributed by atoms with Gasteiger partial charge in [0.1, 0.15) is 4.90 Å². The number of likely N-dealkylation sites (tertiary alicyclic amines) is 1. The van der Waals surface area contributed by atoms with Gasteiger partial charge in [0, 0.05) is 30.2 Å². The van der Waals surface area contributed by atoms with Gasteiger partial charge in [0.25, 0.3) is 0 Å². The smallest absolute Gasteiger partial charge is 0.240 e. The lowest BCUT2D eigenvalue weighted by atomic mass is 9.99. The van der Waals surface area contributed by atoms with E-state index in [1.807, 2.05) is 42.3 Å². The SMILES string of the molecule is CN1CC(S(=O)c2ccc(-c3cnc4ccccc4c3)c(-c3nn[nH]n3)c2S(N)(=O)=O)C1. The molecule has 1 aliphatic heterocycles. The number of fused-ring (bicyclic) bond motifs is 1. The first-order chi connectivity index (χ1) is 15.3. The van der Waals surface area contributed by atoms with Crippen LogP contribution in [-0.4, -0.2) is 68.5 Å². The predicted octanol–water partition coefficient (Wildman–Crippen LogP) is 1.15. The molecule has 2 aromatic carbocycles. The summed E-state index contributed by atoms with van der Waals surface area (Å²) >= 11 is 0. The quantitative estimate of drug-likeness (QED) is 0.442. The minimum Gasteiger partial charge on any atom is -0.304 e. The first-order valence-electron chi connectivity index (χ1n) is 9.71. The Hall–Kier alpha value is -3.06. The number of hydrogen-bond acceptors (Lipinski definition) is 8. The Balaban J connectivity index is 1.78. The van der Waals surface area contributed by atoms with E-state index in [4.69, 9.17) is 5.14 Å². The molecule has 3 N–H and O–H groups in total. The Morgan fingerprint density at radius 2 is 1.97 bits per heavy atom. The molecule has 0 radical (unpaired) electrons. The third kappa shape index (κ3) is 3.60. The van der Waals surface area contributed by atoms with Gasteiger partial charge in [0.05, 0.1) is 32.0 Å². The van der Waals surface area contributed by atoms with Crippen molar-refractivity contribution in [2.75, 3.05) is 20.1 Å². The number of tetrazole rings is 1. The van der Waals surface area contributed by atoms with Gasteiger partial charge in [-0.05, 0) is 36.0 Å². The summed E-state index contributed by atoms with van der Waals surface area (Å²) in [6.07, 6.45) is 1.64. The van der Waals surface area contributed by atoms with Gasteiger partial charge < -0.3 is 4.90 Å². The van der Waals surface area contributed by atoms with Crippen LogP contribution in [0, 0.1) is 0 Å². The molecule has 3 heterocycles. The Morgan fingerprint density at radius 3 is 2.66 bits per heavy atom. The summed E-state index contributed by atoms with van der Waals surface area (Å²) in [7, 11) is -3.96. The lowest BCUT2D eigenvalue weighted by molar-refractivity contribution is 0.236. The fraction of sp³-hybridized carbons (Fsp3) is 0.200. The molecule has 0 saturated carbocycles. The number of aromatic nitrogens is 5. The number of benzene rings is 2. The number of hydrogen-bond donors (Lipinski definition) is 2. The van der Waals surface area contributed by atoms with Gasteiger partial charge in [-0.1, -0.05) is 24.3 Å². The van der Waals surface area contributed by atoms with Crippen LogP contribution in [0.5, 0.6) is 0 Å². The summed E-state index contributed by atoms with van der Waals surface area (Å²) in [5, 5.41) is 20.3. The van der Waals surface area contributed by atoms with Crippen LogP contribution in [0.15, 0.2) is 58.5 Å². The average Bonchev–Trinajstić information content (AvgIpc) is 3.29. The van der Waals surface area contributed by atoms with E-state index < -0.39 is 20.8 Å². The van der Waals surface area contributed by atoms with Crippen LogP contribution in [0.25, 0.3) is 33.4 Å². The van der Waals surface area contributed by atoms with Crippen molar-refractivity contribution < 1.29 is 12.6 Å². The molecule has 1 saturated heterocycles. The van der Waals surface area contributed by atoms with Gasteiger partial charge in [0.2, 0.25) is 15.8 Å². The monoisotopic (exact) mass is 469 g/mol. The molecule has 4 aromatic rings. The Labute approximate surface area is 186 Å². The lowest BCUT2D eigenvalue weighted by Gasteiger charge is -2.35. The number of H-pyrrole nitrogens is 1. The third-order valence-corrected chi connectivity index (χ3v) is 8.23. The van der Waals surface area contributed by atoms with Crippen molar-refractivity contribution in [1.82, 2.24) is 30.5 Å². The zero-order valence-corrected chi connectivity index (χ0v) is 18.6. The molecule has 0 amide bonds. The number of nitrogens with two attached hydrogens (primary N) is 1. The second kappa shape index (κ2) is 7.81. The van der Waals surface area contributed by atoms with E-state index in [1.165, 1.54) is 0 Å². The highest BCUT2D eigenvalue weighted by atomic mass is 32.2. The van der Waals surface area contributed by atoms with Gasteiger partial charge in [-0.3, -0.25) is 9.19 Å². The molecule has 10 nitrogen and oxygen atoms in total. The molecule has 2 aromatic heterocycles. The van der Waals surface area contributed by atoms with E-state index in [1.54, 1.807) is 18.3 Å². The maximum absolute atomic E-state index is 13.3. The molecule has 1 unspecified atom stereocenters. The summed E-state index contributed by atoms with van der Waals surface area (Å²) < 4.78 is 38.9. The van der Waals surface area contributed by atoms with Crippen LogP contribution < -0.4 is 5.14 Å². The van der Waals surface area contributed by atoms with Crippen molar-refractivity contribution in [2.45, 2.75) is 15.0 Å². The summed E-state index contributed by atoms with van der Waals surface area (Å²) in [4.78, 5) is 6.38. The number of primary sulfonamides is 1. The molecule has 5 rings (SSSR count). The first kappa shape index (κ1) is 20.8. The molecule has 32 heavy (non-hydrogen) atoms. The molecule has 164 valence electrons. The summed E-state index contributed by atoms with van der Waals surface area (Å²) in [5.41, 5.74) is 2.10. The standard InChI is InChI=1S/C20H19N7O3S2/c1-27-10-14(11-27)31(28)17-7-6-15(13-8-12-4-2-3-5-16(12)22-9-13)18(19(17)32(21,29)30)20-23-25-26-24-20/h2-9,14H,10-11H2,1H3,(H2,21,29,30)(H,23,24,25,26). The fourth-order valence-electron chi connectivity index (χ4n) is 3.91. The number of para-hydroxylation sites is 1. The molecule has 1 fully saturated rings. The minimum absolute atomic E-state index is 0.0433. The van der Waals surface area contributed by atoms with Crippen LogP contribution in [0.3, 0.4) is 0 Å². The van der Waals surface area contributed by atoms with Crippen molar-refractivity contribution in [2.24, 2.45) is 5.14 Å². The van der Waals surface area contributed by atoms with E-state index in [0.29, 0.717) is 24.2 Å². The van der Waals surface area contributed by atoms with Gasteiger partial charge in [-0.15, -0.1) is 10.2 Å². The molecule has 0 spiro atoms. The normalized spacial score (nSPS) is 16.2. The van der Waals surface area contributed by atoms with E-state index in [-0.39, 0.29) is 26.4 Å². The van der Waals surface area contributed by atoms with Crippen molar-refractivity contribution in [3.63, 3.8) is 0 Å². The highest BCUT2D eigenvalue weighted by Crippen LogP contribution is 2.39. The molecule has 1 aliphatic rings. The zero-order valence-electron chi connectivity index (χ0n) is 17.0. The van der Waals surface area contributed by atoms with Crippen molar-refractivity contribution in [3.05, 3.63) is 48.7 Å². The van der Waals surface area contributed by atoms with Crippen molar-refractivity contribution >= 4 is 31.7 Å². The molecule has 1 atom stereocenters. The molecule has 12 heteroatoms. The summed E-state index contributed by atoms with van der Waals surface area (Å²) in [5.74, 6) is 0.0433. The highest BCUT2D eigenvalue weighted by Gasteiger charge is 2.35. The van der Waals surface area contributed by atoms with E-state index in [9.17, 15) is 12.6 Å². The van der Waals surface area contributed by atoms with E-state index in [0.717, 1.165) is 10.9 Å². The fourth-order valence-corrected chi connectivity index (χ4v) is 6.96.